The van der Waals surface area contributed by atoms with E-state index in [1.165, 1.54) is 5.56 Å². The number of hydrogen-bond donors (Lipinski definition) is 0. The first kappa shape index (κ1) is 19.2. The van der Waals surface area contributed by atoms with Crippen molar-refractivity contribution in [2.45, 2.75) is 33.7 Å². The Hall–Kier alpha value is -3.73. The molecule has 0 N–H and O–H groups in total. The third kappa shape index (κ3) is 3.32. The highest BCUT2D eigenvalue weighted by molar-refractivity contribution is 5.95. The topological polar surface area (TPSA) is 56.7 Å². The summed E-state index contributed by atoms with van der Waals surface area (Å²) in [4.78, 5) is 9.49. The Labute approximate surface area is 181 Å². The van der Waals surface area contributed by atoms with E-state index in [1.54, 1.807) is 0 Å². The molecule has 0 fully saturated rings. The predicted octanol–water partition coefficient (Wildman–Crippen LogP) is 6.29. The molecule has 154 valence electrons. The van der Waals surface area contributed by atoms with Crippen molar-refractivity contribution in [2.24, 2.45) is 0 Å². The summed E-state index contributed by atoms with van der Waals surface area (Å²) >= 11 is 0. The molecule has 0 aliphatic heterocycles. The van der Waals surface area contributed by atoms with Gasteiger partial charge in [0.25, 0.3) is 0 Å². The first-order chi connectivity index (χ1) is 15.0. The quantitative estimate of drug-likeness (QED) is 0.351. The number of aryl methyl sites for hydroxylation is 3. The molecule has 0 unspecified atom stereocenters. The first-order valence-corrected chi connectivity index (χ1v) is 10.4. The minimum Gasteiger partial charge on any atom is -0.361 e. The Bertz CT molecular complexity index is 1340. The summed E-state index contributed by atoms with van der Waals surface area (Å²) in [5, 5.41) is 4.12. The normalized spacial score (nSPS) is 12.4. The first-order valence-electron chi connectivity index (χ1n) is 10.4. The Morgan fingerprint density at radius 1 is 0.935 bits per heavy atom. The van der Waals surface area contributed by atoms with Gasteiger partial charge in [-0.05, 0) is 51.5 Å². The fourth-order valence-corrected chi connectivity index (χ4v) is 4.19. The molecule has 1 aromatic carbocycles. The summed E-state index contributed by atoms with van der Waals surface area (Å²) in [5.41, 5.74) is 9.43. The second-order valence-electron chi connectivity index (χ2n) is 8.04. The zero-order valence-corrected chi connectivity index (χ0v) is 18.1. The van der Waals surface area contributed by atoms with Crippen LogP contribution in [0.5, 0.6) is 0 Å². The fraction of sp³-hybridized carbons (Fsp3) is 0.192. The van der Waals surface area contributed by atoms with Crippen LogP contribution in [0.4, 0.5) is 0 Å². The van der Waals surface area contributed by atoms with Crippen LogP contribution in [0.1, 0.15) is 35.7 Å². The van der Waals surface area contributed by atoms with E-state index in [-0.39, 0.29) is 6.04 Å². The number of hydrogen-bond acceptors (Lipinski definition) is 4. The second-order valence-corrected chi connectivity index (χ2v) is 8.04. The predicted molar refractivity (Wildman–Crippen MR) is 123 cm³/mol. The van der Waals surface area contributed by atoms with Crippen LogP contribution in [0.25, 0.3) is 33.3 Å². The van der Waals surface area contributed by atoms with Crippen molar-refractivity contribution in [3.8, 4) is 22.3 Å². The summed E-state index contributed by atoms with van der Waals surface area (Å²) < 4.78 is 7.67. The van der Waals surface area contributed by atoms with Gasteiger partial charge in [-0.2, -0.15) is 0 Å². The van der Waals surface area contributed by atoms with Crippen LogP contribution in [0.15, 0.2) is 71.6 Å². The molecule has 4 aromatic heterocycles. The van der Waals surface area contributed by atoms with Gasteiger partial charge in [0, 0.05) is 35.3 Å². The largest absolute Gasteiger partial charge is 0.361 e. The zero-order valence-electron chi connectivity index (χ0n) is 18.1. The van der Waals surface area contributed by atoms with Crippen LogP contribution in [0.3, 0.4) is 0 Å². The van der Waals surface area contributed by atoms with E-state index in [9.17, 15) is 0 Å². The smallest absolute Gasteiger partial charge is 0.141 e. The lowest BCUT2D eigenvalue weighted by atomic mass is 10.0. The molecule has 5 aromatic rings. The third-order valence-corrected chi connectivity index (χ3v) is 5.89. The lowest BCUT2D eigenvalue weighted by Gasteiger charge is -2.15. The molecule has 0 radical (unpaired) electrons. The molecule has 4 heterocycles. The molecule has 0 saturated heterocycles. The number of pyridine rings is 2. The summed E-state index contributed by atoms with van der Waals surface area (Å²) in [5.74, 6) is 0.799. The maximum Gasteiger partial charge on any atom is 0.141 e. The van der Waals surface area contributed by atoms with Crippen LogP contribution in [0, 0.1) is 20.8 Å². The molecule has 0 aliphatic carbocycles. The summed E-state index contributed by atoms with van der Waals surface area (Å²) in [7, 11) is 0. The lowest BCUT2D eigenvalue weighted by molar-refractivity contribution is 0.393. The molecular weight excluding hydrogens is 384 g/mol. The minimum atomic E-state index is 0.0598. The molecule has 0 saturated carbocycles. The van der Waals surface area contributed by atoms with Gasteiger partial charge in [0.15, 0.2) is 0 Å². The summed E-state index contributed by atoms with van der Waals surface area (Å²) in [6.07, 6.45) is 5.95. The molecule has 31 heavy (non-hydrogen) atoms. The van der Waals surface area contributed by atoms with E-state index in [0.29, 0.717) is 0 Å². The molecule has 0 aliphatic rings. The van der Waals surface area contributed by atoms with Gasteiger partial charge in [0.2, 0.25) is 0 Å². The Kier molecular flexibility index (Phi) is 4.66. The van der Waals surface area contributed by atoms with E-state index in [0.717, 1.165) is 50.4 Å². The fourth-order valence-electron chi connectivity index (χ4n) is 4.19. The van der Waals surface area contributed by atoms with Gasteiger partial charge in [-0.3, -0.25) is 9.97 Å². The molecule has 0 bridgehead atoms. The monoisotopic (exact) mass is 408 g/mol. The van der Waals surface area contributed by atoms with Crippen molar-refractivity contribution >= 4 is 11.0 Å². The minimum absolute atomic E-state index is 0.0598. The summed E-state index contributed by atoms with van der Waals surface area (Å²) in [6.45, 7) is 8.17. The Morgan fingerprint density at radius 2 is 1.74 bits per heavy atom. The van der Waals surface area contributed by atoms with Crippen molar-refractivity contribution in [3.63, 3.8) is 0 Å². The average molecular weight is 409 g/mol. The zero-order chi connectivity index (χ0) is 21.5. The van der Waals surface area contributed by atoms with Crippen molar-refractivity contribution in [2.75, 3.05) is 0 Å². The highest BCUT2D eigenvalue weighted by Crippen LogP contribution is 2.36. The van der Waals surface area contributed by atoms with Crippen molar-refractivity contribution < 1.29 is 4.52 Å². The molecule has 0 spiro atoms. The van der Waals surface area contributed by atoms with Gasteiger partial charge >= 0.3 is 0 Å². The molecular formula is C26H24N4O. The Morgan fingerprint density at radius 3 is 2.42 bits per heavy atom. The van der Waals surface area contributed by atoms with Gasteiger partial charge < -0.3 is 9.09 Å². The maximum absolute atomic E-state index is 5.40. The molecule has 5 nitrogen and oxygen atoms in total. The van der Waals surface area contributed by atoms with E-state index >= 15 is 0 Å². The molecule has 5 rings (SSSR count). The number of nitrogens with zero attached hydrogens (tertiary/aromatic N) is 4. The SMILES string of the molecule is Cc1ccc(-c2cn([C@H](C)c3ccccn3)c3cc(-c4c(C)noc4C)cnc23)cc1. The summed E-state index contributed by atoms with van der Waals surface area (Å²) in [6, 6.07) is 16.9. The lowest BCUT2D eigenvalue weighted by Crippen LogP contribution is -2.07. The number of rotatable bonds is 4. The van der Waals surface area contributed by atoms with Crippen molar-refractivity contribution in [3.05, 3.63) is 89.8 Å². The standard InChI is InChI=1S/C26H24N4O/c1-16-8-10-20(11-9-16)22-15-30(18(3)23-7-5-6-12-27-23)24-13-21(14-28-26(22)24)25-17(2)29-31-19(25)4/h5-15,18H,1-4H3/t18-/m1/s1. The van der Waals surface area contributed by atoms with Gasteiger partial charge in [-0.15, -0.1) is 0 Å². The van der Waals surface area contributed by atoms with E-state index in [2.05, 4.69) is 71.2 Å². The van der Waals surface area contributed by atoms with Crippen LogP contribution in [-0.2, 0) is 0 Å². The van der Waals surface area contributed by atoms with Crippen LogP contribution < -0.4 is 0 Å². The van der Waals surface area contributed by atoms with E-state index < -0.39 is 0 Å². The maximum atomic E-state index is 5.40. The van der Waals surface area contributed by atoms with Crippen molar-refractivity contribution in [1.82, 2.24) is 19.7 Å². The Balaban J connectivity index is 1.75. The van der Waals surface area contributed by atoms with Crippen LogP contribution >= 0.6 is 0 Å². The number of benzene rings is 1. The van der Waals surface area contributed by atoms with Gasteiger partial charge in [0.1, 0.15) is 5.76 Å². The van der Waals surface area contributed by atoms with Crippen molar-refractivity contribution in [1.29, 1.82) is 0 Å². The van der Waals surface area contributed by atoms with E-state index in [1.807, 2.05) is 38.4 Å². The van der Waals surface area contributed by atoms with Crippen LogP contribution in [0.2, 0.25) is 0 Å². The van der Waals surface area contributed by atoms with E-state index in [4.69, 9.17) is 9.51 Å². The molecule has 5 heteroatoms. The number of aromatic nitrogens is 4. The van der Waals surface area contributed by atoms with Crippen LogP contribution in [-0.4, -0.2) is 19.7 Å². The third-order valence-electron chi connectivity index (χ3n) is 5.89. The van der Waals surface area contributed by atoms with Gasteiger partial charge in [-0.25, -0.2) is 0 Å². The number of fused-ring (bicyclic) bond motifs is 1. The molecule has 1 atom stereocenters. The van der Waals surface area contributed by atoms with Gasteiger partial charge in [-0.1, -0.05) is 41.1 Å². The van der Waals surface area contributed by atoms with Gasteiger partial charge in [0.05, 0.1) is 28.5 Å². The highest BCUT2D eigenvalue weighted by Gasteiger charge is 2.20. The highest BCUT2D eigenvalue weighted by atomic mass is 16.5. The average Bonchev–Trinajstić information content (AvgIpc) is 3.33. The second kappa shape index (κ2) is 7.51. The molecule has 0 amide bonds.